The van der Waals surface area contributed by atoms with E-state index in [9.17, 15) is 5.26 Å². The van der Waals surface area contributed by atoms with Crippen molar-refractivity contribution in [2.45, 2.75) is 25.4 Å². The molecular weight excluding hydrogens is 298 g/mol. The summed E-state index contributed by atoms with van der Waals surface area (Å²) in [5.41, 5.74) is 2.31. The van der Waals surface area contributed by atoms with Crippen molar-refractivity contribution in [1.29, 1.82) is 5.26 Å². The van der Waals surface area contributed by atoms with Crippen molar-refractivity contribution in [3.05, 3.63) is 71.3 Å². The van der Waals surface area contributed by atoms with E-state index in [0.29, 0.717) is 17.9 Å². The second-order valence-electron chi connectivity index (χ2n) is 6.86. The van der Waals surface area contributed by atoms with Crippen molar-refractivity contribution in [1.82, 2.24) is 0 Å². The molecule has 3 heteroatoms. The van der Waals surface area contributed by atoms with Crippen molar-refractivity contribution in [3.8, 4) is 11.8 Å². The summed E-state index contributed by atoms with van der Waals surface area (Å²) in [4.78, 5) is 0. The molecule has 2 heterocycles. The Morgan fingerprint density at radius 2 is 1.75 bits per heavy atom. The molecule has 0 fully saturated rings. The van der Waals surface area contributed by atoms with E-state index >= 15 is 0 Å². The van der Waals surface area contributed by atoms with Crippen LogP contribution in [0.5, 0.6) is 5.75 Å². The monoisotopic (exact) mass is 317 g/mol. The zero-order valence-corrected chi connectivity index (χ0v) is 13.8. The molecule has 2 unspecified atom stereocenters. The average Bonchev–Trinajstić information content (AvgIpc) is 2.61. The number of hydrogen-bond acceptors (Lipinski definition) is 3. The maximum atomic E-state index is 9.93. The van der Waals surface area contributed by atoms with Crippen molar-refractivity contribution < 1.29 is 9.47 Å². The van der Waals surface area contributed by atoms with Crippen LogP contribution in [0.2, 0.25) is 0 Å². The van der Waals surface area contributed by atoms with E-state index in [1.165, 1.54) is 0 Å². The maximum Gasteiger partial charge on any atom is 0.141 e. The molecule has 0 saturated heterocycles. The number of allylic oxidation sites excluding steroid dienone is 1. The molecule has 2 aliphatic rings. The highest BCUT2D eigenvalue weighted by Gasteiger charge is 2.49. The molecule has 2 atom stereocenters. The smallest absolute Gasteiger partial charge is 0.141 e. The molecular formula is C21H19NO2. The van der Waals surface area contributed by atoms with Crippen LogP contribution < -0.4 is 4.74 Å². The lowest BCUT2D eigenvalue weighted by molar-refractivity contribution is -0.0310. The summed E-state index contributed by atoms with van der Waals surface area (Å²) >= 11 is 0. The molecule has 4 rings (SSSR count). The molecule has 2 aliphatic heterocycles. The van der Waals surface area contributed by atoms with E-state index in [1.807, 2.05) is 48.5 Å². The largest absolute Gasteiger partial charge is 0.493 e. The normalized spacial score (nSPS) is 24.0. The summed E-state index contributed by atoms with van der Waals surface area (Å²) in [6, 6.07) is 20.3. The first-order chi connectivity index (χ1) is 11.6. The minimum Gasteiger partial charge on any atom is -0.493 e. The zero-order chi connectivity index (χ0) is 16.7. The second kappa shape index (κ2) is 5.42. The van der Waals surface area contributed by atoms with Gasteiger partial charge >= 0.3 is 0 Å². The number of rotatable bonds is 1. The molecule has 2 aromatic carbocycles. The summed E-state index contributed by atoms with van der Waals surface area (Å²) in [5, 5.41) is 9.93. The molecule has 0 N–H and O–H groups in total. The molecule has 0 aromatic heterocycles. The molecule has 0 spiro atoms. The van der Waals surface area contributed by atoms with Crippen molar-refractivity contribution >= 4 is 5.76 Å². The third-order valence-electron chi connectivity index (χ3n) is 5.04. The third-order valence-corrected chi connectivity index (χ3v) is 5.04. The number of benzene rings is 2. The van der Waals surface area contributed by atoms with Gasteiger partial charge in [-0.05, 0) is 19.9 Å². The predicted octanol–water partition coefficient (Wildman–Crippen LogP) is 4.52. The topological polar surface area (TPSA) is 42.2 Å². The lowest BCUT2D eigenvalue weighted by atomic mass is 9.69. The van der Waals surface area contributed by atoms with Gasteiger partial charge in [-0.3, -0.25) is 0 Å². The molecule has 0 bridgehead atoms. The van der Waals surface area contributed by atoms with E-state index < -0.39 is 5.60 Å². The van der Waals surface area contributed by atoms with Gasteiger partial charge in [0.05, 0.1) is 18.2 Å². The lowest BCUT2D eigenvalue weighted by Gasteiger charge is -2.47. The highest BCUT2D eigenvalue weighted by Crippen LogP contribution is 2.52. The molecule has 0 radical (unpaired) electrons. The van der Waals surface area contributed by atoms with E-state index in [0.717, 1.165) is 16.9 Å². The minimum atomic E-state index is -0.413. The average molecular weight is 317 g/mol. The first-order valence-electron chi connectivity index (χ1n) is 8.22. The number of hydrogen-bond donors (Lipinski definition) is 0. The van der Waals surface area contributed by atoms with Crippen LogP contribution in [0.3, 0.4) is 0 Å². The van der Waals surface area contributed by atoms with Crippen LogP contribution in [0.1, 0.15) is 30.9 Å². The van der Waals surface area contributed by atoms with E-state index in [4.69, 9.17) is 9.47 Å². The van der Waals surface area contributed by atoms with Gasteiger partial charge in [0.15, 0.2) is 0 Å². The Hall–Kier alpha value is -2.73. The number of ether oxygens (including phenoxy) is 2. The van der Waals surface area contributed by atoms with Gasteiger partial charge in [-0.2, -0.15) is 5.26 Å². The summed E-state index contributed by atoms with van der Waals surface area (Å²) in [6.45, 7) is 4.72. The minimum absolute atomic E-state index is 0.00101. The van der Waals surface area contributed by atoms with Crippen LogP contribution in [0.15, 0.2) is 60.2 Å². The summed E-state index contributed by atoms with van der Waals surface area (Å²) < 4.78 is 12.3. The van der Waals surface area contributed by atoms with Crippen molar-refractivity contribution in [2.24, 2.45) is 5.92 Å². The van der Waals surface area contributed by atoms with E-state index in [1.54, 1.807) is 0 Å². The SMILES string of the molecule is CC1(C)OC(c2ccccc2)=C(C#N)C2c3ccccc3OCC21. The Balaban J connectivity index is 1.96. The standard InChI is InChI=1S/C21H19NO2/c1-21(2)17-13-23-18-11-7-6-10-15(18)19(17)16(12-22)20(24-21)14-8-4-3-5-9-14/h3-11,17,19H,13H2,1-2H3. The fourth-order valence-corrected chi connectivity index (χ4v) is 3.78. The zero-order valence-electron chi connectivity index (χ0n) is 13.8. The Kier molecular flexibility index (Phi) is 3.35. The first-order valence-corrected chi connectivity index (χ1v) is 8.22. The molecule has 24 heavy (non-hydrogen) atoms. The number of fused-ring (bicyclic) bond motifs is 3. The lowest BCUT2D eigenvalue weighted by Crippen LogP contribution is -2.47. The summed E-state index contributed by atoms with van der Waals surface area (Å²) in [7, 11) is 0. The van der Waals surface area contributed by atoms with Crippen molar-refractivity contribution in [3.63, 3.8) is 0 Å². The van der Waals surface area contributed by atoms with Gasteiger partial charge in [0.25, 0.3) is 0 Å². The Labute approximate surface area is 142 Å². The highest BCUT2D eigenvalue weighted by molar-refractivity contribution is 5.71. The van der Waals surface area contributed by atoms with Crippen LogP contribution in [0.4, 0.5) is 0 Å². The molecule has 0 amide bonds. The van der Waals surface area contributed by atoms with Crippen LogP contribution in [0, 0.1) is 17.2 Å². The number of nitrogens with zero attached hydrogens (tertiary/aromatic N) is 1. The van der Waals surface area contributed by atoms with Gasteiger partial charge in [0.1, 0.15) is 17.1 Å². The van der Waals surface area contributed by atoms with Crippen LogP contribution in [-0.4, -0.2) is 12.2 Å². The van der Waals surface area contributed by atoms with Crippen LogP contribution >= 0.6 is 0 Å². The van der Waals surface area contributed by atoms with E-state index in [-0.39, 0.29) is 11.8 Å². The van der Waals surface area contributed by atoms with Crippen LogP contribution in [-0.2, 0) is 4.74 Å². The van der Waals surface area contributed by atoms with Crippen molar-refractivity contribution in [2.75, 3.05) is 6.61 Å². The number of para-hydroxylation sites is 1. The molecule has 120 valence electrons. The summed E-state index contributed by atoms with van der Waals surface area (Å²) in [5.74, 6) is 1.67. The predicted molar refractivity (Wildman–Crippen MR) is 92.3 cm³/mol. The van der Waals surface area contributed by atoms with Gasteiger partial charge in [0, 0.05) is 23.0 Å². The first kappa shape index (κ1) is 14.8. The Morgan fingerprint density at radius 1 is 1.04 bits per heavy atom. The molecule has 0 aliphatic carbocycles. The van der Waals surface area contributed by atoms with Crippen LogP contribution in [0.25, 0.3) is 5.76 Å². The Bertz CT molecular complexity index is 846. The Morgan fingerprint density at radius 3 is 2.50 bits per heavy atom. The third kappa shape index (κ3) is 2.18. The van der Waals surface area contributed by atoms with Gasteiger partial charge in [-0.1, -0.05) is 48.5 Å². The van der Waals surface area contributed by atoms with Gasteiger partial charge < -0.3 is 9.47 Å². The summed E-state index contributed by atoms with van der Waals surface area (Å²) in [6.07, 6.45) is 0. The quantitative estimate of drug-likeness (QED) is 0.776. The molecule has 0 saturated carbocycles. The van der Waals surface area contributed by atoms with Gasteiger partial charge in [-0.15, -0.1) is 0 Å². The highest BCUT2D eigenvalue weighted by atomic mass is 16.5. The second-order valence-corrected chi connectivity index (χ2v) is 6.86. The number of nitriles is 1. The van der Waals surface area contributed by atoms with Gasteiger partial charge in [-0.25, -0.2) is 0 Å². The van der Waals surface area contributed by atoms with Gasteiger partial charge in [0.2, 0.25) is 0 Å². The fourth-order valence-electron chi connectivity index (χ4n) is 3.78. The molecule has 2 aromatic rings. The molecule has 3 nitrogen and oxygen atoms in total. The fraction of sp³-hybridized carbons (Fsp3) is 0.286. The maximum absolute atomic E-state index is 9.93. The van der Waals surface area contributed by atoms with E-state index in [2.05, 4.69) is 26.0 Å².